The second-order valence-corrected chi connectivity index (χ2v) is 6.31. The molecule has 1 heterocycles. The van der Waals surface area contributed by atoms with Gasteiger partial charge in [-0.2, -0.15) is 0 Å². The van der Waals surface area contributed by atoms with E-state index in [9.17, 15) is 9.59 Å². The first-order valence-electron chi connectivity index (χ1n) is 7.79. The highest BCUT2D eigenvalue weighted by Gasteiger charge is 2.13. The molecule has 0 N–H and O–H groups in total. The van der Waals surface area contributed by atoms with Crippen LogP contribution in [0.2, 0.25) is 10.0 Å². The Bertz CT molecular complexity index is 1040. The van der Waals surface area contributed by atoms with E-state index >= 15 is 0 Å². The van der Waals surface area contributed by atoms with Crippen molar-refractivity contribution in [3.8, 4) is 11.5 Å². The molecule has 0 aliphatic carbocycles. The molecule has 0 amide bonds. The molecule has 2 aromatic carbocycles. The van der Waals surface area contributed by atoms with Crippen LogP contribution in [0.25, 0.3) is 10.9 Å². The number of fused-ring (bicyclic) bond motifs is 1. The second-order valence-electron chi connectivity index (χ2n) is 5.47. The van der Waals surface area contributed by atoms with Crippen LogP contribution in [0.1, 0.15) is 6.42 Å². The number of rotatable bonds is 6. The smallest absolute Gasteiger partial charge is 0.422 e. The second kappa shape index (κ2) is 7.85. The van der Waals surface area contributed by atoms with Gasteiger partial charge in [0, 0.05) is 11.6 Å². The van der Waals surface area contributed by atoms with Crippen molar-refractivity contribution >= 4 is 34.1 Å². The summed E-state index contributed by atoms with van der Waals surface area (Å²) in [7, 11) is 1.59. The van der Waals surface area contributed by atoms with Gasteiger partial charge in [-0.25, -0.2) is 9.59 Å². The molecule has 6 nitrogen and oxygen atoms in total. The average Bonchev–Trinajstić information content (AvgIpc) is 2.61. The van der Waals surface area contributed by atoms with E-state index in [1.165, 1.54) is 16.7 Å². The Kier molecular flexibility index (Phi) is 5.54. The number of benzene rings is 2. The molecular weight excluding hydrogens is 381 g/mol. The Morgan fingerprint density at radius 1 is 1.08 bits per heavy atom. The Morgan fingerprint density at radius 2 is 1.77 bits per heavy atom. The standard InChI is InChI=1S/C18H15Cl2NO5/c1-24-12-3-5-13(6-4-12)25-8-2-7-21-16-14(17(22)26-18(21)23)9-11(19)10-15(16)20/h3-6,9-10H,2,7-8H2,1H3. The Hall–Kier alpha value is -2.44. The van der Waals surface area contributed by atoms with E-state index in [1.807, 2.05) is 0 Å². The number of methoxy groups -OCH3 is 1. The van der Waals surface area contributed by atoms with Gasteiger partial charge in [-0.05, 0) is 42.8 Å². The fraction of sp³-hybridized carbons (Fsp3) is 0.222. The quantitative estimate of drug-likeness (QED) is 0.594. The van der Waals surface area contributed by atoms with Gasteiger partial charge in [0.15, 0.2) is 0 Å². The summed E-state index contributed by atoms with van der Waals surface area (Å²) < 4.78 is 16.8. The zero-order chi connectivity index (χ0) is 18.7. The molecule has 1 aromatic heterocycles. The Labute approximate surface area is 158 Å². The van der Waals surface area contributed by atoms with Gasteiger partial charge in [0.1, 0.15) is 11.5 Å². The van der Waals surface area contributed by atoms with Crippen LogP contribution in [0.4, 0.5) is 0 Å². The zero-order valence-electron chi connectivity index (χ0n) is 13.8. The largest absolute Gasteiger partial charge is 0.497 e. The van der Waals surface area contributed by atoms with Crippen molar-refractivity contribution in [3.63, 3.8) is 0 Å². The minimum absolute atomic E-state index is 0.165. The molecule has 0 atom stereocenters. The lowest BCUT2D eigenvalue weighted by Crippen LogP contribution is -2.26. The maximum Gasteiger partial charge on any atom is 0.422 e. The van der Waals surface area contributed by atoms with Crippen molar-refractivity contribution in [3.05, 3.63) is 67.4 Å². The molecule has 0 fully saturated rings. The number of aromatic nitrogens is 1. The first-order chi connectivity index (χ1) is 12.5. The highest BCUT2D eigenvalue weighted by atomic mass is 35.5. The van der Waals surface area contributed by atoms with Gasteiger partial charge in [-0.15, -0.1) is 0 Å². The van der Waals surface area contributed by atoms with Crippen molar-refractivity contribution < 1.29 is 13.9 Å². The third-order valence-corrected chi connectivity index (χ3v) is 4.28. The fourth-order valence-electron chi connectivity index (χ4n) is 2.56. The van der Waals surface area contributed by atoms with Gasteiger partial charge in [0.05, 0.1) is 29.6 Å². The third kappa shape index (κ3) is 3.86. The normalized spacial score (nSPS) is 10.9. The van der Waals surface area contributed by atoms with E-state index < -0.39 is 11.4 Å². The first kappa shape index (κ1) is 18.4. The molecule has 0 spiro atoms. The zero-order valence-corrected chi connectivity index (χ0v) is 15.3. The number of nitrogens with zero attached hydrogens (tertiary/aromatic N) is 1. The molecule has 26 heavy (non-hydrogen) atoms. The predicted octanol–water partition coefficient (Wildman–Crippen LogP) is 3.74. The Balaban J connectivity index is 1.76. The molecule has 136 valence electrons. The minimum Gasteiger partial charge on any atom is -0.497 e. The summed E-state index contributed by atoms with van der Waals surface area (Å²) in [5.41, 5.74) is -0.457. The molecule has 3 aromatic rings. The average molecular weight is 396 g/mol. The van der Waals surface area contributed by atoms with Crippen LogP contribution in [0.3, 0.4) is 0 Å². The van der Waals surface area contributed by atoms with Crippen molar-refractivity contribution in [1.82, 2.24) is 4.57 Å². The summed E-state index contributed by atoms with van der Waals surface area (Å²) >= 11 is 12.1. The van der Waals surface area contributed by atoms with Crippen LogP contribution < -0.4 is 20.9 Å². The maximum absolute atomic E-state index is 12.1. The van der Waals surface area contributed by atoms with Crippen molar-refractivity contribution in [2.45, 2.75) is 13.0 Å². The number of hydrogen-bond donors (Lipinski definition) is 0. The highest BCUT2D eigenvalue weighted by molar-refractivity contribution is 6.38. The van der Waals surface area contributed by atoms with Crippen LogP contribution >= 0.6 is 23.2 Å². The number of halogens is 2. The predicted molar refractivity (Wildman–Crippen MR) is 99.9 cm³/mol. The molecule has 0 radical (unpaired) electrons. The van der Waals surface area contributed by atoms with Crippen LogP contribution in [-0.4, -0.2) is 18.3 Å². The number of hydrogen-bond acceptors (Lipinski definition) is 5. The molecule has 8 heteroatoms. The molecule has 0 bridgehead atoms. The van der Waals surface area contributed by atoms with E-state index in [4.69, 9.17) is 37.1 Å². The van der Waals surface area contributed by atoms with Crippen LogP contribution in [0, 0.1) is 0 Å². The van der Waals surface area contributed by atoms with Crippen molar-refractivity contribution in [2.24, 2.45) is 0 Å². The van der Waals surface area contributed by atoms with Crippen LogP contribution in [-0.2, 0) is 6.54 Å². The lowest BCUT2D eigenvalue weighted by molar-refractivity contribution is 0.296. The van der Waals surface area contributed by atoms with Gasteiger partial charge in [-0.1, -0.05) is 23.2 Å². The lowest BCUT2D eigenvalue weighted by Gasteiger charge is -2.11. The highest BCUT2D eigenvalue weighted by Crippen LogP contribution is 2.25. The number of aryl methyl sites for hydroxylation is 1. The summed E-state index contributed by atoms with van der Waals surface area (Å²) in [5.74, 6) is 0.659. The summed E-state index contributed by atoms with van der Waals surface area (Å²) in [6, 6.07) is 10.1. The van der Waals surface area contributed by atoms with Gasteiger partial charge in [0.25, 0.3) is 0 Å². The molecular formula is C18H15Cl2NO5. The minimum atomic E-state index is -0.767. The third-order valence-electron chi connectivity index (χ3n) is 3.77. The maximum atomic E-state index is 12.1. The molecule has 0 aliphatic heterocycles. The summed E-state index contributed by atoms with van der Waals surface area (Å²) in [4.78, 5) is 24.0. The number of ether oxygens (including phenoxy) is 2. The van der Waals surface area contributed by atoms with Crippen molar-refractivity contribution in [2.75, 3.05) is 13.7 Å². The monoisotopic (exact) mass is 395 g/mol. The van der Waals surface area contributed by atoms with Gasteiger partial charge >= 0.3 is 11.4 Å². The lowest BCUT2D eigenvalue weighted by atomic mass is 10.2. The summed E-state index contributed by atoms with van der Waals surface area (Å²) in [6.07, 6.45) is 0.508. The van der Waals surface area contributed by atoms with Crippen LogP contribution in [0.5, 0.6) is 11.5 Å². The molecule has 0 saturated carbocycles. The fourth-order valence-corrected chi connectivity index (χ4v) is 3.16. The van der Waals surface area contributed by atoms with Crippen molar-refractivity contribution in [1.29, 1.82) is 0 Å². The van der Waals surface area contributed by atoms with Crippen LogP contribution in [0.15, 0.2) is 50.4 Å². The van der Waals surface area contributed by atoms with Gasteiger partial charge in [0.2, 0.25) is 0 Å². The van der Waals surface area contributed by atoms with E-state index in [2.05, 4.69) is 0 Å². The van der Waals surface area contributed by atoms with E-state index in [1.54, 1.807) is 31.4 Å². The molecule has 3 rings (SSSR count). The molecule has 0 aliphatic rings. The Morgan fingerprint density at radius 3 is 2.46 bits per heavy atom. The first-order valence-corrected chi connectivity index (χ1v) is 8.55. The van der Waals surface area contributed by atoms with E-state index in [0.29, 0.717) is 29.3 Å². The topological polar surface area (TPSA) is 70.7 Å². The summed E-state index contributed by atoms with van der Waals surface area (Å²) in [5, 5.41) is 0.676. The van der Waals surface area contributed by atoms with E-state index in [0.717, 1.165) is 5.75 Å². The molecule has 0 saturated heterocycles. The van der Waals surface area contributed by atoms with Gasteiger partial charge in [-0.3, -0.25) is 4.57 Å². The van der Waals surface area contributed by atoms with Gasteiger partial charge < -0.3 is 13.9 Å². The molecule has 0 unspecified atom stereocenters. The SMILES string of the molecule is COc1ccc(OCCCn2c(=O)oc(=O)c3cc(Cl)cc(Cl)c32)cc1. The van der Waals surface area contributed by atoms with E-state index in [-0.39, 0.29) is 17.0 Å². The summed E-state index contributed by atoms with van der Waals surface area (Å²) in [6.45, 7) is 0.640.